The van der Waals surface area contributed by atoms with Crippen LogP contribution in [0.3, 0.4) is 0 Å². The number of nitrogens with one attached hydrogen (secondary N) is 1. The summed E-state index contributed by atoms with van der Waals surface area (Å²) in [6.07, 6.45) is 3.95. The molecule has 18 heavy (non-hydrogen) atoms. The number of benzene rings is 1. The van der Waals surface area contributed by atoms with Crippen molar-refractivity contribution in [1.29, 1.82) is 0 Å². The van der Waals surface area contributed by atoms with Gasteiger partial charge in [-0.05, 0) is 49.9 Å². The fraction of sp³-hybridized carbons (Fsp3) is 0.571. The molecule has 2 rings (SSSR count). The minimum Gasteiger partial charge on any atom is -0.313 e. The van der Waals surface area contributed by atoms with Crippen molar-refractivity contribution in [1.82, 2.24) is 5.32 Å². The van der Waals surface area contributed by atoms with Crippen LogP contribution in [0.5, 0.6) is 0 Å². The SMILES string of the molecule is CCCNC(CSc1ccc(Cl)c(Cl)c1)C1CC1. The molecule has 1 nitrogen and oxygen atoms in total. The first-order chi connectivity index (χ1) is 8.70. The normalized spacial score (nSPS) is 16.8. The molecule has 0 radical (unpaired) electrons. The predicted molar refractivity (Wildman–Crippen MR) is 82.0 cm³/mol. The van der Waals surface area contributed by atoms with Gasteiger partial charge in [0.25, 0.3) is 0 Å². The largest absolute Gasteiger partial charge is 0.313 e. The molecule has 1 aliphatic carbocycles. The van der Waals surface area contributed by atoms with Crippen LogP contribution >= 0.6 is 35.0 Å². The van der Waals surface area contributed by atoms with E-state index in [4.69, 9.17) is 23.2 Å². The molecule has 4 heteroatoms. The first-order valence-electron chi connectivity index (χ1n) is 6.52. The molecule has 1 aromatic carbocycles. The molecular weight excluding hydrogens is 285 g/mol. The second-order valence-corrected chi connectivity index (χ2v) is 6.69. The Kier molecular flexibility index (Phi) is 5.68. The second-order valence-electron chi connectivity index (χ2n) is 4.78. The zero-order valence-corrected chi connectivity index (χ0v) is 12.9. The van der Waals surface area contributed by atoms with Gasteiger partial charge in [-0.25, -0.2) is 0 Å². The Morgan fingerprint density at radius 3 is 2.72 bits per heavy atom. The standard InChI is InChI=1S/C14H19Cl2NS/c1-2-7-17-14(10-3-4-10)9-18-11-5-6-12(15)13(16)8-11/h5-6,8,10,14,17H,2-4,7,9H2,1H3. The second kappa shape index (κ2) is 7.04. The highest BCUT2D eigenvalue weighted by molar-refractivity contribution is 7.99. The van der Waals surface area contributed by atoms with Crippen molar-refractivity contribution in [3.63, 3.8) is 0 Å². The van der Waals surface area contributed by atoms with Crippen LogP contribution in [-0.2, 0) is 0 Å². The summed E-state index contributed by atoms with van der Waals surface area (Å²) >= 11 is 13.8. The van der Waals surface area contributed by atoms with Crippen molar-refractivity contribution in [3.05, 3.63) is 28.2 Å². The summed E-state index contributed by atoms with van der Waals surface area (Å²) in [4.78, 5) is 1.20. The first kappa shape index (κ1) is 14.5. The fourth-order valence-electron chi connectivity index (χ4n) is 1.94. The monoisotopic (exact) mass is 303 g/mol. The Balaban J connectivity index is 1.86. The van der Waals surface area contributed by atoms with Gasteiger partial charge in [0, 0.05) is 16.7 Å². The zero-order chi connectivity index (χ0) is 13.0. The highest BCUT2D eigenvalue weighted by Crippen LogP contribution is 2.36. The Morgan fingerprint density at radius 2 is 2.11 bits per heavy atom. The third-order valence-corrected chi connectivity index (χ3v) is 5.02. The van der Waals surface area contributed by atoms with E-state index in [1.165, 1.54) is 24.2 Å². The van der Waals surface area contributed by atoms with Gasteiger partial charge in [0.2, 0.25) is 0 Å². The van der Waals surface area contributed by atoms with Crippen LogP contribution in [0.25, 0.3) is 0 Å². The molecule has 0 saturated heterocycles. The molecule has 0 amide bonds. The van der Waals surface area contributed by atoms with E-state index >= 15 is 0 Å². The number of rotatable bonds is 7. The highest BCUT2D eigenvalue weighted by atomic mass is 35.5. The highest BCUT2D eigenvalue weighted by Gasteiger charge is 2.30. The molecule has 0 aliphatic heterocycles. The summed E-state index contributed by atoms with van der Waals surface area (Å²) < 4.78 is 0. The van der Waals surface area contributed by atoms with Gasteiger partial charge in [-0.3, -0.25) is 0 Å². The van der Waals surface area contributed by atoms with Gasteiger partial charge >= 0.3 is 0 Å². The minimum atomic E-state index is 0.629. The van der Waals surface area contributed by atoms with Crippen molar-refractivity contribution < 1.29 is 0 Å². The van der Waals surface area contributed by atoms with E-state index in [0.29, 0.717) is 16.1 Å². The minimum absolute atomic E-state index is 0.629. The van der Waals surface area contributed by atoms with Crippen molar-refractivity contribution >= 4 is 35.0 Å². The van der Waals surface area contributed by atoms with Crippen LogP contribution < -0.4 is 5.32 Å². The molecule has 100 valence electrons. The summed E-state index contributed by atoms with van der Waals surface area (Å²) in [5, 5.41) is 4.92. The molecule has 1 saturated carbocycles. The van der Waals surface area contributed by atoms with Crippen molar-refractivity contribution in [2.24, 2.45) is 5.92 Å². The zero-order valence-electron chi connectivity index (χ0n) is 10.6. The molecule has 0 aromatic heterocycles. The van der Waals surface area contributed by atoms with Gasteiger partial charge in [0.15, 0.2) is 0 Å². The molecular formula is C14H19Cl2NS. The molecule has 0 heterocycles. The number of hydrogen-bond acceptors (Lipinski definition) is 2. The summed E-state index contributed by atoms with van der Waals surface area (Å²) in [5.74, 6) is 2.00. The fourth-order valence-corrected chi connectivity index (χ4v) is 3.43. The smallest absolute Gasteiger partial charge is 0.0603 e. The van der Waals surface area contributed by atoms with Gasteiger partial charge in [-0.2, -0.15) is 0 Å². The van der Waals surface area contributed by atoms with E-state index in [1.807, 2.05) is 30.0 Å². The Bertz CT molecular complexity index is 393. The molecule has 1 N–H and O–H groups in total. The van der Waals surface area contributed by atoms with Crippen LogP contribution in [0.15, 0.2) is 23.1 Å². The Morgan fingerprint density at radius 1 is 1.33 bits per heavy atom. The maximum absolute atomic E-state index is 6.03. The molecule has 1 aromatic rings. The lowest BCUT2D eigenvalue weighted by Crippen LogP contribution is -2.33. The maximum Gasteiger partial charge on any atom is 0.0603 e. The van der Waals surface area contributed by atoms with Crippen LogP contribution in [0, 0.1) is 5.92 Å². The quantitative estimate of drug-likeness (QED) is 0.722. The summed E-state index contributed by atoms with van der Waals surface area (Å²) in [6.45, 7) is 3.33. The summed E-state index contributed by atoms with van der Waals surface area (Å²) in [7, 11) is 0. The lowest BCUT2D eigenvalue weighted by atomic mass is 10.2. The topological polar surface area (TPSA) is 12.0 Å². The van der Waals surface area contributed by atoms with E-state index in [9.17, 15) is 0 Å². The van der Waals surface area contributed by atoms with Gasteiger partial charge in [-0.15, -0.1) is 11.8 Å². The summed E-state index contributed by atoms with van der Waals surface area (Å²) in [5.41, 5.74) is 0. The van der Waals surface area contributed by atoms with E-state index in [1.54, 1.807) is 0 Å². The number of hydrogen-bond donors (Lipinski definition) is 1. The predicted octanol–water partition coefficient (Wildman–Crippen LogP) is 4.86. The van der Waals surface area contributed by atoms with E-state index in [-0.39, 0.29) is 0 Å². The maximum atomic E-state index is 6.03. The average molecular weight is 304 g/mol. The number of halogens is 2. The van der Waals surface area contributed by atoms with Crippen LogP contribution in [0.2, 0.25) is 10.0 Å². The van der Waals surface area contributed by atoms with Gasteiger partial charge in [0.05, 0.1) is 10.0 Å². The summed E-state index contributed by atoms with van der Waals surface area (Å²) in [6, 6.07) is 6.52. The van der Waals surface area contributed by atoms with E-state index in [2.05, 4.69) is 12.2 Å². The lowest BCUT2D eigenvalue weighted by Gasteiger charge is -2.17. The van der Waals surface area contributed by atoms with Crippen LogP contribution in [0.4, 0.5) is 0 Å². The molecule has 1 fully saturated rings. The third-order valence-electron chi connectivity index (χ3n) is 3.17. The van der Waals surface area contributed by atoms with Gasteiger partial charge < -0.3 is 5.32 Å². The third kappa shape index (κ3) is 4.34. The number of thioether (sulfide) groups is 1. The van der Waals surface area contributed by atoms with Gasteiger partial charge in [0.1, 0.15) is 0 Å². The molecule has 1 aliphatic rings. The Labute approximate surface area is 124 Å². The van der Waals surface area contributed by atoms with Crippen molar-refractivity contribution in [2.75, 3.05) is 12.3 Å². The Hall–Kier alpha value is 0.110. The molecule has 0 spiro atoms. The van der Waals surface area contributed by atoms with Crippen molar-refractivity contribution in [2.45, 2.75) is 37.1 Å². The van der Waals surface area contributed by atoms with Crippen molar-refractivity contribution in [3.8, 4) is 0 Å². The lowest BCUT2D eigenvalue weighted by molar-refractivity contribution is 0.503. The first-order valence-corrected chi connectivity index (χ1v) is 8.26. The van der Waals surface area contributed by atoms with Crippen LogP contribution in [0.1, 0.15) is 26.2 Å². The van der Waals surface area contributed by atoms with Gasteiger partial charge in [-0.1, -0.05) is 30.1 Å². The molecule has 1 atom stereocenters. The average Bonchev–Trinajstić information content (AvgIpc) is 3.18. The van der Waals surface area contributed by atoms with Crippen LogP contribution in [-0.4, -0.2) is 18.3 Å². The molecule has 0 bridgehead atoms. The van der Waals surface area contributed by atoms with E-state index in [0.717, 1.165) is 18.2 Å². The van der Waals surface area contributed by atoms with E-state index < -0.39 is 0 Å². The molecule has 1 unspecified atom stereocenters.